The molecule has 2 aromatic carbocycles. The monoisotopic (exact) mass is 311 g/mol. The number of halogens is 1. The zero-order valence-corrected chi connectivity index (χ0v) is 13.3. The molecule has 1 amide bonds. The maximum atomic E-state index is 13.6. The standard InChI is InChI=1S/C20H22FNO/c1-14-13-17(14)20(16-8-3-2-4-9-16)22-19(23)12-11-15-7-5-6-10-18(15)21/h2-10,14,17,20H,11-13H2,1H3,(H,22,23). The van der Waals surface area contributed by atoms with Crippen LogP contribution in [0, 0.1) is 17.7 Å². The number of nitrogens with one attached hydrogen (secondary N) is 1. The van der Waals surface area contributed by atoms with Gasteiger partial charge in [-0.15, -0.1) is 0 Å². The predicted molar refractivity (Wildman–Crippen MR) is 89.3 cm³/mol. The highest BCUT2D eigenvalue weighted by Crippen LogP contribution is 2.46. The number of aryl methyl sites for hydroxylation is 1. The van der Waals surface area contributed by atoms with Gasteiger partial charge in [-0.25, -0.2) is 4.39 Å². The first-order valence-corrected chi connectivity index (χ1v) is 8.23. The van der Waals surface area contributed by atoms with Crippen LogP contribution in [-0.4, -0.2) is 5.91 Å². The van der Waals surface area contributed by atoms with Crippen LogP contribution in [0.4, 0.5) is 4.39 Å². The summed E-state index contributed by atoms with van der Waals surface area (Å²) in [7, 11) is 0. The average Bonchev–Trinajstić information content (AvgIpc) is 3.29. The summed E-state index contributed by atoms with van der Waals surface area (Å²) in [6.45, 7) is 2.21. The number of amides is 1. The Morgan fingerprint density at radius 3 is 2.48 bits per heavy atom. The predicted octanol–water partition coefficient (Wildman–Crippen LogP) is 4.27. The van der Waals surface area contributed by atoms with E-state index in [9.17, 15) is 9.18 Å². The fourth-order valence-corrected chi connectivity index (χ4v) is 3.11. The van der Waals surface area contributed by atoms with Gasteiger partial charge in [0.05, 0.1) is 6.04 Å². The van der Waals surface area contributed by atoms with Crippen molar-refractivity contribution in [1.82, 2.24) is 5.32 Å². The summed E-state index contributed by atoms with van der Waals surface area (Å²) in [5, 5.41) is 3.15. The van der Waals surface area contributed by atoms with Gasteiger partial charge in [0.2, 0.25) is 5.91 Å². The van der Waals surface area contributed by atoms with Crippen molar-refractivity contribution in [3.05, 3.63) is 71.5 Å². The highest BCUT2D eigenvalue weighted by atomic mass is 19.1. The molecule has 1 aliphatic rings. The van der Waals surface area contributed by atoms with Crippen molar-refractivity contribution < 1.29 is 9.18 Å². The fraction of sp³-hybridized carbons (Fsp3) is 0.350. The SMILES string of the molecule is CC1CC1C(NC(=O)CCc1ccccc1F)c1ccccc1. The molecule has 2 aromatic rings. The Balaban J connectivity index is 1.62. The van der Waals surface area contributed by atoms with Crippen molar-refractivity contribution in [2.75, 3.05) is 0 Å². The van der Waals surface area contributed by atoms with E-state index in [4.69, 9.17) is 0 Å². The number of carbonyl (C=O) groups excluding carboxylic acids is 1. The van der Waals surface area contributed by atoms with Crippen molar-refractivity contribution in [3.63, 3.8) is 0 Å². The van der Waals surface area contributed by atoms with Gasteiger partial charge in [-0.2, -0.15) is 0 Å². The number of benzene rings is 2. The topological polar surface area (TPSA) is 29.1 Å². The van der Waals surface area contributed by atoms with Crippen LogP contribution in [0.3, 0.4) is 0 Å². The number of carbonyl (C=O) groups is 1. The molecule has 1 aliphatic carbocycles. The van der Waals surface area contributed by atoms with Gasteiger partial charge in [0, 0.05) is 6.42 Å². The molecule has 0 aromatic heterocycles. The second-order valence-corrected chi connectivity index (χ2v) is 6.42. The zero-order valence-electron chi connectivity index (χ0n) is 13.3. The third-order valence-corrected chi connectivity index (χ3v) is 4.65. The van der Waals surface area contributed by atoms with E-state index in [1.54, 1.807) is 18.2 Å². The van der Waals surface area contributed by atoms with Crippen molar-refractivity contribution >= 4 is 5.91 Å². The van der Waals surface area contributed by atoms with Crippen molar-refractivity contribution in [1.29, 1.82) is 0 Å². The lowest BCUT2D eigenvalue weighted by Gasteiger charge is -2.19. The first-order chi connectivity index (χ1) is 11.1. The Bertz CT molecular complexity index is 670. The van der Waals surface area contributed by atoms with E-state index in [0.29, 0.717) is 30.2 Å². The first-order valence-electron chi connectivity index (χ1n) is 8.23. The van der Waals surface area contributed by atoms with Gasteiger partial charge in [-0.1, -0.05) is 55.5 Å². The molecule has 120 valence electrons. The summed E-state index contributed by atoms with van der Waals surface area (Å²) in [4.78, 5) is 12.3. The summed E-state index contributed by atoms with van der Waals surface area (Å²) >= 11 is 0. The molecular formula is C20H22FNO. The lowest BCUT2D eigenvalue weighted by molar-refractivity contribution is -0.122. The molecule has 0 bridgehead atoms. The van der Waals surface area contributed by atoms with Gasteiger partial charge in [-0.05, 0) is 41.9 Å². The van der Waals surface area contributed by atoms with Gasteiger partial charge in [0.1, 0.15) is 5.82 Å². The summed E-state index contributed by atoms with van der Waals surface area (Å²) in [6, 6.07) is 16.8. The lowest BCUT2D eigenvalue weighted by Crippen LogP contribution is -2.30. The van der Waals surface area contributed by atoms with E-state index in [1.807, 2.05) is 18.2 Å². The van der Waals surface area contributed by atoms with E-state index in [1.165, 1.54) is 6.07 Å². The molecule has 0 radical (unpaired) electrons. The van der Waals surface area contributed by atoms with Crippen LogP contribution in [0.5, 0.6) is 0 Å². The number of hydrogen-bond acceptors (Lipinski definition) is 1. The van der Waals surface area contributed by atoms with E-state index in [2.05, 4.69) is 24.4 Å². The first kappa shape index (κ1) is 15.7. The molecule has 0 aliphatic heterocycles. The summed E-state index contributed by atoms with van der Waals surface area (Å²) in [5.41, 5.74) is 1.75. The Morgan fingerprint density at radius 2 is 1.83 bits per heavy atom. The summed E-state index contributed by atoms with van der Waals surface area (Å²) in [6.07, 6.45) is 1.89. The fourth-order valence-electron chi connectivity index (χ4n) is 3.11. The molecule has 1 N–H and O–H groups in total. The Labute approximate surface area is 136 Å². The highest BCUT2D eigenvalue weighted by Gasteiger charge is 2.40. The molecule has 23 heavy (non-hydrogen) atoms. The van der Waals surface area contributed by atoms with E-state index >= 15 is 0 Å². The maximum absolute atomic E-state index is 13.6. The lowest BCUT2D eigenvalue weighted by atomic mass is 10.0. The summed E-state index contributed by atoms with van der Waals surface area (Å²) < 4.78 is 13.6. The van der Waals surface area contributed by atoms with Crippen molar-refractivity contribution in [3.8, 4) is 0 Å². The van der Waals surface area contributed by atoms with Crippen LogP contribution in [0.25, 0.3) is 0 Å². The van der Waals surface area contributed by atoms with Crippen molar-refractivity contribution in [2.45, 2.75) is 32.2 Å². The maximum Gasteiger partial charge on any atom is 0.220 e. The Kier molecular flexibility index (Phi) is 4.75. The average molecular weight is 311 g/mol. The van der Waals surface area contributed by atoms with Crippen LogP contribution in [-0.2, 0) is 11.2 Å². The molecule has 0 heterocycles. The molecule has 0 spiro atoms. The van der Waals surface area contributed by atoms with Gasteiger partial charge in [0.25, 0.3) is 0 Å². The quantitative estimate of drug-likeness (QED) is 0.848. The third-order valence-electron chi connectivity index (χ3n) is 4.65. The summed E-state index contributed by atoms with van der Waals surface area (Å²) in [5.74, 6) is 0.902. The number of hydrogen-bond donors (Lipinski definition) is 1. The van der Waals surface area contributed by atoms with Crippen LogP contribution >= 0.6 is 0 Å². The normalized spacial score (nSPS) is 20.8. The Hall–Kier alpha value is -2.16. The minimum atomic E-state index is -0.240. The van der Waals surface area contributed by atoms with Gasteiger partial charge in [-0.3, -0.25) is 4.79 Å². The zero-order chi connectivity index (χ0) is 16.2. The molecule has 3 atom stereocenters. The molecule has 0 saturated heterocycles. The molecule has 2 nitrogen and oxygen atoms in total. The van der Waals surface area contributed by atoms with E-state index in [-0.39, 0.29) is 17.8 Å². The van der Waals surface area contributed by atoms with E-state index < -0.39 is 0 Å². The smallest absolute Gasteiger partial charge is 0.220 e. The largest absolute Gasteiger partial charge is 0.349 e. The van der Waals surface area contributed by atoms with Crippen LogP contribution in [0.2, 0.25) is 0 Å². The second kappa shape index (κ2) is 6.95. The minimum Gasteiger partial charge on any atom is -0.349 e. The number of rotatable bonds is 6. The molecule has 3 heteroatoms. The Morgan fingerprint density at radius 1 is 1.17 bits per heavy atom. The molecule has 1 fully saturated rings. The molecule has 1 saturated carbocycles. The molecule has 3 unspecified atom stereocenters. The van der Waals surface area contributed by atoms with Crippen LogP contribution in [0.15, 0.2) is 54.6 Å². The van der Waals surface area contributed by atoms with Crippen LogP contribution in [0.1, 0.15) is 36.9 Å². The van der Waals surface area contributed by atoms with Gasteiger partial charge in [0.15, 0.2) is 0 Å². The highest BCUT2D eigenvalue weighted by molar-refractivity contribution is 5.76. The van der Waals surface area contributed by atoms with Crippen molar-refractivity contribution in [2.24, 2.45) is 11.8 Å². The van der Waals surface area contributed by atoms with Gasteiger partial charge < -0.3 is 5.32 Å². The van der Waals surface area contributed by atoms with Gasteiger partial charge >= 0.3 is 0 Å². The molecular weight excluding hydrogens is 289 g/mol. The van der Waals surface area contributed by atoms with E-state index in [0.717, 1.165) is 12.0 Å². The van der Waals surface area contributed by atoms with Crippen LogP contribution < -0.4 is 5.32 Å². The third kappa shape index (κ3) is 3.98. The second-order valence-electron chi connectivity index (χ2n) is 6.42. The minimum absolute atomic E-state index is 0.0128. The molecule has 3 rings (SSSR count).